The maximum Gasteiger partial charge on any atom is 0.283 e. The number of hydrogen-bond donors (Lipinski definition) is 1. The first-order valence-electron chi connectivity index (χ1n) is 5.71. The zero-order chi connectivity index (χ0) is 12.3. The van der Waals surface area contributed by atoms with Crippen LogP contribution in [0, 0.1) is 12.3 Å². The van der Waals surface area contributed by atoms with E-state index < -0.39 is 0 Å². The largest absolute Gasteiger partial charge is 0.425 e. The van der Waals surface area contributed by atoms with Crippen molar-refractivity contribution >= 4 is 0 Å². The van der Waals surface area contributed by atoms with Gasteiger partial charge < -0.3 is 5.21 Å². The Kier molecular flexibility index (Phi) is 3.79. The molecule has 0 radical (unpaired) electrons. The van der Waals surface area contributed by atoms with Gasteiger partial charge in [0.1, 0.15) is 0 Å². The van der Waals surface area contributed by atoms with Crippen LogP contribution in [0.1, 0.15) is 44.9 Å². The lowest BCUT2D eigenvalue weighted by atomic mass is 9.89. The molecule has 1 aromatic heterocycles. The van der Waals surface area contributed by atoms with Crippen LogP contribution in [-0.4, -0.2) is 9.94 Å². The van der Waals surface area contributed by atoms with Crippen molar-refractivity contribution in [2.24, 2.45) is 5.41 Å². The number of aromatic nitrogens is 1. The Morgan fingerprint density at radius 2 is 1.94 bits per heavy atom. The molecule has 1 heterocycles. The van der Waals surface area contributed by atoms with E-state index in [2.05, 4.69) is 20.8 Å². The van der Waals surface area contributed by atoms with Gasteiger partial charge in [0.2, 0.25) is 0 Å². The van der Waals surface area contributed by atoms with Crippen molar-refractivity contribution in [3.05, 3.63) is 33.7 Å². The zero-order valence-corrected chi connectivity index (χ0v) is 10.6. The minimum atomic E-state index is -0.342. The summed E-state index contributed by atoms with van der Waals surface area (Å²) in [6, 6.07) is 3.30. The van der Waals surface area contributed by atoms with Gasteiger partial charge >= 0.3 is 0 Å². The summed E-state index contributed by atoms with van der Waals surface area (Å²) in [6.45, 7) is 8.44. The van der Waals surface area contributed by atoms with E-state index in [9.17, 15) is 10.0 Å². The molecule has 16 heavy (non-hydrogen) atoms. The predicted molar refractivity (Wildman–Crippen MR) is 65.0 cm³/mol. The van der Waals surface area contributed by atoms with E-state index in [-0.39, 0.29) is 5.56 Å². The molecule has 0 bridgehead atoms. The third kappa shape index (κ3) is 3.72. The van der Waals surface area contributed by atoms with Crippen molar-refractivity contribution in [2.75, 3.05) is 0 Å². The summed E-state index contributed by atoms with van der Waals surface area (Å²) in [6.07, 6.45) is 2.80. The summed E-state index contributed by atoms with van der Waals surface area (Å²) >= 11 is 0. The Morgan fingerprint density at radius 3 is 2.50 bits per heavy atom. The molecule has 1 rings (SSSR count). The number of aryl methyl sites for hydroxylation is 2. The van der Waals surface area contributed by atoms with Crippen LogP contribution in [-0.2, 0) is 6.42 Å². The van der Waals surface area contributed by atoms with Crippen molar-refractivity contribution in [2.45, 2.75) is 47.0 Å². The maximum absolute atomic E-state index is 11.3. The van der Waals surface area contributed by atoms with Gasteiger partial charge in [-0.2, -0.15) is 4.73 Å². The second-order valence-electron chi connectivity index (χ2n) is 5.59. The average molecular weight is 223 g/mol. The smallest absolute Gasteiger partial charge is 0.283 e. The van der Waals surface area contributed by atoms with Crippen molar-refractivity contribution in [1.29, 1.82) is 0 Å². The molecule has 0 saturated carbocycles. The summed E-state index contributed by atoms with van der Waals surface area (Å²) in [7, 11) is 0. The van der Waals surface area contributed by atoms with Gasteiger partial charge in [0, 0.05) is 6.07 Å². The van der Waals surface area contributed by atoms with Crippen LogP contribution in [0.15, 0.2) is 16.9 Å². The van der Waals surface area contributed by atoms with E-state index in [1.54, 1.807) is 0 Å². The zero-order valence-electron chi connectivity index (χ0n) is 10.6. The first kappa shape index (κ1) is 12.8. The summed E-state index contributed by atoms with van der Waals surface area (Å²) < 4.78 is 0.760. The maximum atomic E-state index is 11.3. The molecule has 0 unspecified atom stereocenters. The second-order valence-corrected chi connectivity index (χ2v) is 5.59. The molecule has 0 aliphatic carbocycles. The fourth-order valence-electron chi connectivity index (χ4n) is 1.74. The van der Waals surface area contributed by atoms with Crippen molar-refractivity contribution in [3.8, 4) is 0 Å². The summed E-state index contributed by atoms with van der Waals surface area (Å²) in [4.78, 5) is 11.3. The average Bonchev–Trinajstić information content (AvgIpc) is 2.11. The summed E-state index contributed by atoms with van der Waals surface area (Å²) in [5.74, 6) is 0. The van der Waals surface area contributed by atoms with Crippen LogP contribution >= 0.6 is 0 Å². The van der Waals surface area contributed by atoms with E-state index in [0.717, 1.165) is 29.6 Å². The normalized spacial score (nSPS) is 11.8. The van der Waals surface area contributed by atoms with Crippen LogP contribution in [0.4, 0.5) is 0 Å². The van der Waals surface area contributed by atoms with Gasteiger partial charge in [-0.15, -0.1) is 0 Å². The standard InChI is InChI=1S/C13H21NO2/c1-10-8-11(14(16)12(15)9-10)6-5-7-13(2,3)4/h8-9,16H,5-7H2,1-4H3. The van der Waals surface area contributed by atoms with Gasteiger partial charge in [0.25, 0.3) is 5.56 Å². The number of rotatable bonds is 3. The van der Waals surface area contributed by atoms with Gasteiger partial charge in [-0.05, 0) is 43.2 Å². The molecular formula is C13H21NO2. The molecule has 90 valence electrons. The summed E-state index contributed by atoms with van der Waals surface area (Å²) in [5, 5.41) is 9.56. The molecule has 1 aromatic rings. The highest BCUT2D eigenvalue weighted by Gasteiger charge is 2.11. The predicted octanol–water partition coefficient (Wildman–Crippen LogP) is 2.76. The highest BCUT2D eigenvalue weighted by molar-refractivity contribution is 5.15. The topological polar surface area (TPSA) is 42.2 Å². The van der Waals surface area contributed by atoms with Crippen LogP contribution in [0.2, 0.25) is 0 Å². The lowest BCUT2D eigenvalue weighted by molar-refractivity contribution is 0.163. The molecular weight excluding hydrogens is 202 g/mol. The number of hydrogen-bond acceptors (Lipinski definition) is 2. The molecule has 0 fully saturated rings. The Labute approximate surface area is 96.7 Å². The molecule has 3 heteroatoms. The first-order valence-corrected chi connectivity index (χ1v) is 5.71. The van der Waals surface area contributed by atoms with E-state index in [1.165, 1.54) is 6.07 Å². The molecule has 0 aliphatic heterocycles. The van der Waals surface area contributed by atoms with Crippen molar-refractivity contribution in [1.82, 2.24) is 4.73 Å². The summed E-state index contributed by atoms with van der Waals surface area (Å²) in [5.41, 5.74) is 1.56. The van der Waals surface area contributed by atoms with Crippen LogP contribution in [0.3, 0.4) is 0 Å². The van der Waals surface area contributed by atoms with Crippen LogP contribution in [0.25, 0.3) is 0 Å². The molecule has 1 N–H and O–H groups in total. The third-order valence-corrected chi connectivity index (χ3v) is 2.59. The first-order chi connectivity index (χ1) is 7.29. The molecule has 0 spiro atoms. The van der Waals surface area contributed by atoms with Gasteiger partial charge in [0.05, 0.1) is 5.69 Å². The fourth-order valence-corrected chi connectivity index (χ4v) is 1.74. The van der Waals surface area contributed by atoms with Gasteiger partial charge in [-0.25, -0.2) is 0 Å². The highest BCUT2D eigenvalue weighted by atomic mass is 16.5. The molecule has 0 atom stereocenters. The van der Waals surface area contributed by atoms with Gasteiger partial charge in [-0.1, -0.05) is 20.8 Å². The van der Waals surface area contributed by atoms with Crippen LogP contribution < -0.4 is 5.56 Å². The Balaban J connectivity index is 2.71. The number of nitrogens with zero attached hydrogens (tertiary/aromatic N) is 1. The van der Waals surface area contributed by atoms with Crippen LogP contribution in [0.5, 0.6) is 0 Å². The highest BCUT2D eigenvalue weighted by Crippen LogP contribution is 2.21. The lowest BCUT2D eigenvalue weighted by Crippen LogP contribution is -2.21. The molecule has 0 aromatic carbocycles. The lowest BCUT2D eigenvalue weighted by Gasteiger charge is -2.17. The van der Waals surface area contributed by atoms with Crippen molar-refractivity contribution in [3.63, 3.8) is 0 Å². The van der Waals surface area contributed by atoms with E-state index in [1.807, 2.05) is 13.0 Å². The molecule has 0 amide bonds. The second kappa shape index (κ2) is 4.73. The molecule has 3 nitrogen and oxygen atoms in total. The minimum absolute atomic E-state index is 0.296. The third-order valence-electron chi connectivity index (χ3n) is 2.59. The molecule has 0 saturated heterocycles. The Bertz CT molecular complexity index is 413. The van der Waals surface area contributed by atoms with E-state index in [0.29, 0.717) is 11.1 Å². The molecule has 0 aliphatic rings. The quantitative estimate of drug-likeness (QED) is 0.801. The SMILES string of the molecule is Cc1cc(CCCC(C)(C)C)n(O)c(=O)c1. The van der Waals surface area contributed by atoms with E-state index in [4.69, 9.17) is 0 Å². The Hall–Kier alpha value is -1.25. The Morgan fingerprint density at radius 1 is 1.31 bits per heavy atom. The fraction of sp³-hybridized carbons (Fsp3) is 0.615. The van der Waals surface area contributed by atoms with E-state index >= 15 is 0 Å². The van der Waals surface area contributed by atoms with Gasteiger partial charge in [0.15, 0.2) is 0 Å². The van der Waals surface area contributed by atoms with Gasteiger partial charge in [-0.3, -0.25) is 4.79 Å². The monoisotopic (exact) mass is 223 g/mol. The number of pyridine rings is 1. The van der Waals surface area contributed by atoms with Crippen molar-refractivity contribution < 1.29 is 5.21 Å². The minimum Gasteiger partial charge on any atom is -0.425 e.